The molecule has 0 aliphatic carbocycles. The number of hydrogen-bond donors (Lipinski definition) is 2. The van der Waals surface area contributed by atoms with Crippen LogP contribution in [-0.4, -0.2) is 16.6 Å². The number of hydrogen-bond acceptors (Lipinski definition) is 5. The molecule has 1 aliphatic heterocycles. The highest BCUT2D eigenvalue weighted by Crippen LogP contribution is 2.21. The van der Waals surface area contributed by atoms with Crippen molar-refractivity contribution < 1.29 is 0 Å². The smallest absolute Gasteiger partial charge is 0.273 e. The van der Waals surface area contributed by atoms with E-state index in [1.807, 2.05) is 49.5 Å². The number of aromatic nitrogens is 2. The summed E-state index contributed by atoms with van der Waals surface area (Å²) in [7, 11) is 0. The van der Waals surface area contributed by atoms with E-state index in [0.29, 0.717) is 23.2 Å². The molecule has 6 nitrogen and oxygen atoms in total. The predicted molar refractivity (Wildman–Crippen MR) is 91.9 cm³/mol. The molecule has 0 amide bonds. The Labute approximate surface area is 137 Å². The van der Waals surface area contributed by atoms with Crippen molar-refractivity contribution >= 4 is 11.4 Å². The number of benzene rings is 1. The van der Waals surface area contributed by atoms with Crippen LogP contribution in [0.5, 0.6) is 0 Å². The van der Waals surface area contributed by atoms with Gasteiger partial charge in [0, 0.05) is 23.1 Å². The van der Waals surface area contributed by atoms with Crippen molar-refractivity contribution in [3.63, 3.8) is 0 Å². The lowest BCUT2D eigenvalue weighted by molar-refractivity contribution is 1.03. The highest BCUT2D eigenvalue weighted by atomic mass is 16.1. The van der Waals surface area contributed by atoms with Gasteiger partial charge in [0.25, 0.3) is 5.56 Å². The first-order valence-electron chi connectivity index (χ1n) is 7.61. The fourth-order valence-electron chi connectivity index (χ4n) is 2.57. The van der Waals surface area contributed by atoms with E-state index in [0.717, 1.165) is 22.5 Å². The van der Waals surface area contributed by atoms with Crippen molar-refractivity contribution in [3.05, 3.63) is 75.6 Å². The van der Waals surface area contributed by atoms with E-state index in [1.165, 1.54) is 0 Å². The van der Waals surface area contributed by atoms with E-state index in [9.17, 15) is 4.79 Å². The average molecular weight is 317 g/mol. The van der Waals surface area contributed by atoms with Gasteiger partial charge in [-0.3, -0.25) is 14.8 Å². The summed E-state index contributed by atoms with van der Waals surface area (Å²) in [6, 6.07) is 13.6. The highest BCUT2D eigenvalue weighted by Gasteiger charge is 2.05. The van der Waals surface area contributed by atoms with Crippen LogP contribution in [0.25, 0.3) is 11.1 Å². The third-order valence-electron chi connectivity index (χ3n) is 3.88. The highest BCUT2D eigenvalue weighted by molar-refractivity contribution is 5.67. The summed E-state index contributed by atoms with van der Waals surface area (Å²) in [5, 5.41) is 3.84. The van der Waals surface area contributed by atoms with Gasteiger partial charge >= 0.3 is 0 Å². The van der Waals surface area contributed by atoms with Crippen LogP contribution in [0.15, 0.2) is 63.4 Å². The number of fused-ring (bicyclic) bond motifs is 1. The van der Waals surface area contributed by atoms with Crippen molar-refractivity contribution in [3.8, 4) is 11.1 Å². The van der Waals surface area contributed by atoms with Crippen molar-refractivity contribution in [2.75, 3.05) is 12.0 Å². The van der Waals surface area contributed by atoms with Crippen molar-refractivity contribution in [2.24, 2.45) is 9.98 Å². The molecule has 118 valence electrons. The molecule has 2 aromatic heterocycles. The molecule has 0 saturated carbocycles. The molecule has 0 atom stereocenters. The Morgan fingerprint density at radius 1 is 1.04 bits per heavy atom. The summed E-state index contributed by atoms with van der Waals surface area (Å²) in [6.45, 7) is 2.33. The third kappa shape index (κ3) is 2.69. The number of nitrogens with one attached hydrogen (secondary N) is 2. The summed E-state index contributed by atoms with van der Waals surface area (Å²) in [6.07, 6.45) is 1.86. The van der Waals surface area contributed by atoms with Crippen molar-refractivity contribution in [1.82, 2.24) is 9.97 Å². The zero-order valence-electron chi connectivity index (χ0n) is 13.1. The molecule has 0 radical (unpaired) electrons. The van der Waals surface area contributed by atoms with Crippen molar-refractivity contribution in [2.45, 2.75) is 6.92 Å². The van der Waals surface area contributed by atoms with Gasteiger partial charge in [0.1, 0.15) is 17.7 Å². The molecule has 6 heteroatoms. The van der Waals surface area contributed by atoms with E-state index in [4.69, 9.17) is 0 Å². The van der Waals surface area contributed by atoms with E-state index in [2.05, 4.69) is 25.3 Å². The molecule has 0 fully saturated rings. The topological polar surface area (TPSA) is 82.5 Å². The average Bonchev–Trinajstić information content (AvgIpc) is 3.04. The molecule has 3 heterocycles. The van der Waals surface area contributed by atoms with E-state index < -0.39 is 0 Å². The second-order valence-electron chi connectivity index (χ2n) is 5.59. The Morgan fingerprint density at radius 3 is 2.58 bits per heavy atom. The monoisotopic (exact) mass is 317 g/mol. The Bertz CT molecular complexity index is 1070. The molecule has 2 N–H and O–H groups in total. The van der Waals surface area contributed by atoms with Crippen LogP contribution in [0.3, 0.4) is 0 Å². The first-order valence-corrected chi connectivity index (χ1v) is 7.61. The van der Waals surface area contributed by atoms with E-state index >= 15 is 0 Å². The molecule has 1 aromatic carbocycles. The molecule has 24 heavy (non-hydrogen) atoms. The van der Waals surface area contributed by atoms with Gasteiger partial charge in [-0.2, -0.15) is 0 Å². The zero-order valence-corrected chi connectivity index (χ0v) is 13.1. The molecule has 0 unspecified atom stereocenters. The predicted octanol–water partition coefficient (Wildman–Crippen LogP) is 1.70. The maximum absolute atomic E-state index is 12.1. The third-order valence-corrected chi connectivity index (χ3v) is 3.88. The Morgan fingerprint density at radius 2 is 1.83 bits per heavy atom. The molecule has 0 spiro atoms. The zero-order chi connectivity index (χ0) is 16.5. The molecule has 0 saturated heterocycles. The second-order valence-corrected chi connectivity index (χ2v) is 5.59. The fraction of sp³-hybridized carbons (Fsp3) is 0.111. The number of nitrogens with zero attached hydrogens (tertiary/aromatic N) is 3. The van der Waals surface area contributed by atoms with Crippen LogP contribution < -0.4 is 21.7 Å². The fourth-order valence-corrected chi connectivity index (χ4v) is 2.57. The van der Waals surface area contributed by atoms with Gasteiger partial charge in [0.05, 0.1) is 0 Å². The van der Waals surface area contributed by atoms with Crippen LogP contribution in [0.4, 0.5) is 11.4 Å². The number of aromatic amines is 1. The summed E-state index contributed by atoms with van der Waals surface area (Å²) >= 11 is 0. The number of H-pyrrole nitrogens is 1. The quantitative estimate of drug-likeness (QED) is 0.771. The van der Waals surface area contributed by atoms with Gasteiger partial charge < -0.3 is 10.3 Å². The lowest BCUT2D eigenvalue weighted by atomic mass is 10.1. The van der Waals surface area contributed by atoms with Gasteiger partial charge in [-0.1, -0.05) is 18.2 Å². The lowest BCUT2D eigenvalue weighted by Crippen LogP contribution is -2.33. The summed E-state index contributed by atoms with van der Waals surface area (Å²) in [5.74, 6) is 0. The van der Waals surface area contributed by atoms with Crippen LogP contribution in [-0.2, 0) is 0 Å². The number of anilines is 2. The van der Waals surface area contributed by atoms with Gasteiger partial charge in [-0.15, -0.1) is 0 Å². The maximum atomic E-state index is 12.1. The molecule has 4 rings (SSSR count). The minimum absolute atomic E-state index is 0.207. The molecule has 3 aromatic rings. The van der Waals surface area contributed by atoms with Gasteiger partial charge in [0.2, 0.25) is 0 Å². The molecule has 1 aliphatic rings. The second kappa shape index (κ2) is 5.73. The van der Waals surface area contributed by atoms with Crippen LogP contribution >= 0.6 is 0 Å². The Kier molecular flexibility index (Phi) is 3.42. The first kappa shape index (κ1) is 14.3. The van der Waals surface area contributed by atoms with E-state index in [1.54, 1.807) is 6.07 Å². The van der Waals surface area contributed by atoms with Crippen LogP contribution in [0.1, 0.15) is 5.69 Å². The summed E-state index contributed by atoms with van der Waals surface area (Å²) in [5.41, 5.74) is 4.76. The van der Waals surface area contributed by atoms with Gasteiger partial charge in [0.15, 0.2) is 5.49 Å². The van der Waals surface area contributed by atoms with E-state index in [-0.39, 0.29) is 5.56 Å². The Balaban J connectivity index is 1.62. The number of rotatable bonds is 3. The molecular formula is C18H15N5O. The Hall–Kier alpha value is -3.28. The van der Waals surface area contributed by atoms with Gasteiger partial charge in [-0.05, 0) is 36.8 Å². The van der Waals surface area contributed by atoms with Crippen molar-refractivity contribution in [1.29, 1.82) is 0 Å². The van der Waals surface area contributed by atoms with Gasteiger partial charge in [-0.25, -0.2) is 4.99 Å². The number of pyridine rings is 2. The minimum Gasteiger partial charge on any atom is -0.351 e. The number of aryl methyl sites for hydroxylation is 1. The molecular weight excluding hydrogens is 302 g/mol. The SMILES string of the molecule is Cc1ccc(-c2ccc(Nc3cc4c([nH]c3=O)=NCN=4)cc2)cn1. The first-order chi connectivity index (χ1) is 11.7. The normalized spacial score (nSPS) is 12.2. The molecule has 0 bridgehead atoms. The summed E-state index contributed by atoms with van der Waals surface area (Å²) < 4.78 is 0. The summed E-state index contributed by atoms with van der Waals surface area (Å²) in [4.78, 5) is 27.4. The standard InChI is InChI=1S/C18H15N5O/c1-11-2-3-13(9-19-11)12-4-6-14(7-5-12)22-16-8-15-17(21-10-20-15)23-18(16)24/h2-9,22H,10H2,1H3,(H,21,23,24). The van der Waals surface area contributed by atoms with Crippen LogP contribution in [0, 0.1) is 6.92 Å². The van der Waals surface area contributed by atoms with Crippen LogP contribution in [0.2, 0.25) is 0 Å². The minimum atomic E-state index is -0.207. The maximum Gasteiger partial charge on any atom is 0.273 e. The lowest BCUT2D eigenvalue weighted by Gasteiger charge is -2.07. The largest absolute Gasteiger partial charge is 0.351 e.